The van der Waals surface area contributed by atoms with Gasteiger partial charge in [0.2, 0.25) is 5.91 Å². The van der Waals surface area contributed by atoms with E-state index >= 15 is 0 Å². The smallest absolute Gasteiger partial charge is 0.330 e. The lowest BCUT2D eigenvalue weighted by molar-refractivity contribution is -0.152. The lowest BCUT2D eigenvalue weighted by atomic mass is 9.91. The summed E-state index contributed by atoms with van der Waals surface area (Å²) < 4.78 is 5.35. The van der Waals surface area contributed by atoms with E-state index in [1.54, 1.807) is 4.90 Å². The molecule has 0 aromatic carbocycles. The van der Waals surface area contributed by atoms with Crippen molar-refractivity contribution in [2.75, 3.05) is 6.54 Å². The molecule has 0 radical (unpaired) electrons. The highest BCUT2D eigenvalue weighted by Gasteiger charge is 2.33. The Morgan fingerprint density at radius 1 is 1.28 bits per heavy atom. The summed E-state index contributed by atoms with van der Waals surface area (Å²) >= 11 is 0. The van der Waals surface area contributed by atoms with Crippen LogP contribution in [0.1, 0.15) is 32.6 Å². The molecule has 18 heavy (non-hydrogen) atoms. The van der Waals surface area contributed by atoms with Crippen LogP contribution in [0.25, 0.3) is 0 Å². The van der Waals surface area contributed by atoms with Gasteiger partial charge in [-0.25, -0.2) is 4.79 Å². The summed E-state index contributed by atoms with van der Waals surface area (Å²) in [5, 5.41) is 0. The molecule has 1 aliphatic carbocycles. The largest absolute Gasteiger partial charge is 0.457 e. The molecule has 4 heteroatoms. The number of carbonyl (C=O) groups excluding carboxylic acids is 2. The molecule has 0 N–H and O–H groups in total. The van der Waals surface area contributed by atoms with Crippen LogP contribution in [0.5, 0.6) is 0 Å². The molecule has 1 rings (SSSR count). The third kappa shape index (κ3) is 3.45. The summed E-state index contributed by atoms with van der Waals surface area (Å²) in [4.78, 5) is 24.8. The van der Waals surface area contributed by atoms with E-state index in [0.29, 0.717) is 6.54 Å². The standard InChI is InChI=1S/C14H21NO3/c1-4-13(16)15(6-3)11-9-7-8-10-12(11)18-14(17)5-2/h4-5,11-12H,1-2,6-10H2,3H3. The zero-order valence-corrected chi connectivity index (χ0v) is 10.9. The van der Waals surface area contributed by atoms with E-state index < -0.39 is 5.97 Å². The number of carbonyl (C=O) groups is 2. The predicted octanol–water partition coefficient (Wildman–Crippen LogP) is 2.06. The van der Waals surface area contributed by atoms with E-state index in [0.717, 1.165) is 31.8 Å². The molecule has 1 fully saturated rings. The lowest BCUT2D eigenvalue weighted by Crippen LogP contribution is -2.49. The van der Waals surface area contributed by atoms with Crippen molar-refractivity contribution >= 4 is 11.9 Å². The van der Waals surface area contributed by atoms with E-state index in [4.69, 9.17) is 4.74 Å². The first kappa shape index (κ1) is 14.5. The molecule has 2 unspecified atom stereocenters. The summed E-state index contributed by atoms with van der Waals surface area (Å²) in [5.74, 6) is -0.530. The Morgan fingerprint density at radius 2 is 1.94 bits per heavy atom. The minimum Gasteiger partial charge on any atom is -0.457 e. The first-order valence-electron chi connectivity index (χ1n) is 6.40. The molecule has 4 nitrogen and oxygen atoms in total. The van der Waals surface area contributed by atoms with Gasteiger partial charge in [-0.15, -0.1) is 0 Å². The second-order valence-electron chi connectivity index (χ2n) is 4.36. The minimum atomic E-state index is -0.422. The average molecular weight is 251 g/mol. The Bertz CT molecular complexity index is 338. The molecular weight excluding hydrogens is 230 g/mol. The molecule has 0 spiro atoms. The fourth-order valence-corrected chi connectivity index (χ4v) is 2.44. The Morgan fingerprint density at radius 3 is 2.50 bits per heavy atom. The van der Waals surface area contributed by atoms with Gasteiger partial charge < -0.3 is 9.64 Å². The van der Waals surface area contributed by atoms with E-state index in [-0.39, 0.29) is 18.1 Å². The molecule has 1 aliphatic rings. The fraction of sp³-hybridized carbons (Fsp3) is 0.571. The van der Waals surface area contributed by atoms with Gasteiger partial charge in [-0.3, -0.25) is 4.79 Å². The van der Waals surface area contributed by atoms with Crippen molar-refractivity contribution in [3.63, 3.8) is 0 Å². The maximum atomic E-state index is 11.8. The molecule has 0 saturated heterocycles. The Balaban J connectivity index is 2.79. The van der Waals surface area contributed by atoms with Crippen LogP contribution in [-0.4, -0.2) is 35.5 Å². The normalized spacial score (nSPS) is 22.9. The van der Waals surface area contributed by atoms with Crippen LogP contribution < -0.4 is 0 Å². The molecule has 2 atom stereocenters. The molecule has 0 heterocycles. The van der Waals surface area contributed by atoms with Crippen LogP contribution in [0.15, 0.2) is 25.3 Å². The first-order valence-corrected chi connectivity index (χ1v) is 6.40. The number of ether oxygens (including phenoxy) is 1. The highest BCUT2D eigenvalue weighted by atomic mass is 16.5. The van der Waals surface area contributed by atoms with Crippen molar-refractivity contribution in [3.05, 3.63) is 25.3 Å². The Hall–Kier alpha value is -1.58. The number of hydrogen-bond acceptors (Lipinski definition) is 3. The fourth-order valence-electron chi connectivity index (χ4n) is 2.44. The van der Waals surface area contributed by atoms with Crippen LogP contribution in [0.4, 0.5) is 0 Å². The van der Waals surface area contributed by atoms with Gasteiger partial charge in [-0.1, -0.05) is 19.6 Å². The highest BCUT2D eigenvalue weighted by Crippen LogP contribution is 2.26. The van der Waals surface area contributed by atoms with Gasteiger partial charge >= 0.3 is 5.97 Å². The monoisotopic (exact) mass is 251 g/mol. The van der Waals surface area contributed by atoms with Crippen molar-refractivity contribution < 1.29 is 14.3 Å². The molecule has 0 aromatic heterocycles. The quantitative estimate of drug-likeness (QED) is 0.555. The molecule has 0 aliphatic heterocycles. The first-order chi connectivity index (χ1) is 8.63. The zero-order valence-electron chi connectivity index (χ0n) is 10.9. The summed E-state index contributed by atoms with van der Waals surface area (Å²) in [6.45, 7) is 9.42. The predicted molar refractivity (Wildman–Crippen MR) is 69.9 cm³/mol. The second-order valence-corrected chi connectivity index (χ2v) is 4.36. The van der Waals surface area contributed by atoms with Crippen LogP contribution in [0.2, 0.25) is 0 Å². The van der Waals surface area contributed by atoms with E-state index in [1.807, 2.05) is 6.92 Å². The Kier molecular flexibility index (Phi) is 5.62. The van der Waals surface area contributed by atoms with Crippen LogP contribution in [0, 0.1) is 0 Å². The summed E-state index contributed by atoms with van der Waals surface area (Å²) in [6, 6.07) is -0.0434. The number of nitrogens with zero attached hydrogens (tertiary/aromatic N) is 1. The molecule has 100 valence electrons. The van der Waals surface area contributed by atoms with Crippen molar-refractivity contribution in [2.45, 2.75) is 44.8 Å². The number of likely N-dealkylation sites (N-methyl/N-ethyl adjacent to an activating group) is 1. The molecule has 0 aromatic rings. The number of amides is 1. The van der Waals surface area contributed by atoms with Crippen LogP contribution in [-0.2, 0) is 14.3 Å². The second kappa shape index (κ2) is 6.99. The summed E-state index contributed by atoms with van der Waals surface area (Å²) in [7, 11) is 0. The van der Waals surface area contributed by atoms with E-state index in [2.05, 4.69) is 13.2 Å². The third-order valence-electron chi connectivity index (χ3n) is 3.30. The zero-order chi connectivity index (χ0) is 13.5. The SMILES string of the molecule is C=CC(=O)OC1CCCCC1N(CC)C(=O)C=C. The van der Waals surface area contributed by atoms with Gasteiger partial charge in [0.25, 0.3) is 0 Å². The lowest BCUT2D eigenvalue weighted by Gasteiger charge is -2.38. The average Bonchev–Trinajstić information content (AvgIpc) is 2.41. The third-order valence-corrected chi connectivity index (χ3v) is 3.30. The van der Waals surface area contributed by atoms with Crippen LogP contribution in [0.3, 0.4) is 0 Å². The molecule has 0 bridgehead atoms. The van der Waals surface area contributed by atoms with Gasteiger partial charge in [0.15, 0.2) is 0 Å². The van der Waals surface area contributed by atoms with E-state index in [9.17, 15) is 9.59 Å². The van der Waals surface area contributed by atoms with Gasteiger partial charge in [0.05, 0.1) is 6.04 Å². The maximum Gasteiger partial charge on any atom is 0.330 e. The van der Waals surface area contributed by atoms with Crippen molar-refractivity contribution in [1.82, 2.24) is 4.90 Å². The van der Waals surface area contributed by atoms with Crippen molar-refractivity contribution in [3.8, 4) is 0 Å². The van der Waals surface area contributed by atoms with Gasteiger partial charge in [-0.2, -0.15) is 0 Å². The number of hydrogen-bond donors (Lipinski definition) is 0. The minimum absolute atomic E-state index is 0.0434. The Labute approximate surface area is 108 Å². The topological polar surface area (TPSA) is 46.6 Å². The summed E-state index contributed by atoms with van der Waals surface area (Å²) in [5.41, 5.74) is 0. The molecular formula is C14H21NO3. The van der Waals surface area contributed by atoms with Crippen molar-refractivity contribution in [2.24, 2.45) is 0 Å². The maximum absolute atomic E-state index is 11.8. The number of rotatable bonds is 5. The van der Waals surface area contributed by atoms with Crippen molar-refractivity contribution in [1.29, 1.82) is 0 Å². The molecule has 1 saturated carbocycles. The van der Waals surface area contributed by atoms with Gasteiger partial charge in [0, 0.05) is 12.6 Å². The van der Waals surface area contributed by atoms with E-state index in [1.165, 1.54) is 6.08 Å². The highest BCUT2D eigenvalue weighted by molar-refractivity contribution is 5.87. The number of esters is 1. The van der Waals surface area contributed by atoms with Gasteiger partial charge in [-0.05, 0) is 32.3 Å². The summed E-state index contributed by atoms with van der Waals surface area (Å²) in [6.07, 6.45) is 5.97. The van der Waals surface area contributed by atoms with Crippen LogP contribution >= 0.6 is 0 Å². The van der Waals surface area contributed by atoms with Gasteiger partial charge in [0.1, 0.15) is 6.10 Å². The molecule has 1 amide bonds.